The lowest BCUT2D eigenvalue weighted by atomic mass is 9.44. The monoisotopic (exact) mass is 641 g/mol. The molecule has 254 valence electrons. The van der Waals surface area contributed by atoms with E-state index in [4.69, 9.17) is 9.47 Å². The molecule has 2 bridgehead atoms. The molecule has 6 rings (SSSR count). The minimum absolute atomic E-state index is 0.0447. The van der Waals surface area contributed by atoms with Crippen molar-refractivity contribution in [2.45, 2.75) is 117 Å². The van der Waals surface area contributed by atoms with E-state index in [0.717, 1.165) is 62.0 Å². The Hall–Kier alpha value is -2.96. The molecule has 0 saturated heterocycles. The van der Waals surface area contributed by atoms with Gasteiger partial charge in [-0.3, -0.25) is 14.5 Å². The van der Waals surface area contributed by atoms with Crippen molar-refractivity contribution < 1.29 is 24.2 Å². The molecule has 8 atom stereocenters. The number of aliphatic hydroxyl groups is 1. The van der Waals surface area contributed by atoms with Crippen molar-refractivity contribution in [3.05, 3.63) is 72.8 Å². The predicted octanol–water partition coefficient (Wildman–Crippen LogP) is 8.52. The van der Waals surface area contributed by atoms with Gasteiger partial charge in [0.15, 0.2) is 0 Å². The number of carbonyl (C=O) groups is 2. The number of Topliss-reactive ketones (excluding diaryl/α,β-unsaturated/α-hetero) is 1. The zero-order valence-corrected chi connectivity index (χ0v) is 29.0. The highest BCUT2D eigenvalue weighted by Crippen LogP contribution is 2.68. The Morgan fingerprint density at radius 3 is 2.34 bits per heavy atom. The van der Waals surface area contributed by atoms with Crippen LogP contribution in [-0.2, 0) is 20.9 Å². The van der Waals surface area contributed by atoms with E-state index in [2.05, 4.69) is 51.3 Å². The SMILES string of the molecule is C=C[C@]1(C)C[C@@H](OC(=O)CN(Cc2ccc(Oc3ccccc3)cc2)C2CCCCC2)[C@]2(C)[C@H](C)CC[C@]3(CCC(=O)[C@H]32)[C@@H](C)[C@@H]1O. The van der Waals surface area contributed by atoms with Gasteiger partial charge in [0.05, 0.1) is 12.6 Å². The minimum Gasteiger partial charge on any atom is -0.461 e. The summed E-state index contributed by atoms with van der Waals surface area (Å²) in [4.78, 5) is 30.3. The fraction of sp³-hybridized carbons (Fsp3) is 0.610. The van der Waals surface area contributed by atoms with E-state index >= 15 is 0 Å². The van der Waals surface area contributed by atoms with Gasteiger partial charge in [-0.05, 0) is 85.6 Å². The van der Waals surface area contributed by atoms with Crippen LogP contribution in [0.4, 0.5) is 0 Å². The molecule has 2 aromatic rings. The van der Waals surface area contributed by atoms with Crippen LogP contribution < -0.4 is 4.74 Å². The Labute approximate surface area is 281 Å². The molecule has 4 fully saturated rings. The molecule has 6 heteroatoms. The molecular formula is C41H55NO5. The predicted molar refractivity (Wildman–Crippen MR) is 185 cm³/mol. The molecule has 0 heterocycles. The Morgan fingerprint density at radius 2 is 1.66 bits per heavy atom. The van der Waals surface area contributed by atoms with Gasteiger partial charge in [0.25, 0.3) is 0 Å². The number of carbonyl (C=O) groups excluding carboxylic acids is 2. The molecule has 4 aliphatic rings. The standard InChI is InChI=1S/C41H55NO5/c1-6-39(4)25-35(40(5)28(2)21-23-41(29(3)38(39)45)24-22-34(43)37(40)41)47-36(44)27-42(31-13-9-7-10-14-31)26-30-17-19-33(20-18-30)46-32-15-11-8-12-16-32/h6,8,11-12,15-20,28-29,31,35,37-38,45H,1,7,9-10,13-14,21-27H2,2-5H3/t28-,29+,35-,37+,38+,39-,40+,41+/m1/s1. The van der Waals surface area contributed by atoms with Crippen molar-refractivity contribution in [2.24, 2.45) is 34.0 Å². The number of aliphatic hydroxyl groups excluding tert-OH is 1. The number of rotatable bonds is 9. The van der Waals surface area contributed by atoms with E-state index in [-0.39, 0.29) is 41.5 Å². The molecule has 0 aromatic heterocycles. The van der Waals surface area contributed by atoms with Crippen LogP contribution in [0.1, 0.15) is 97.5 Å². The lowest BCUT2D eigenvalue weighted by Crippen LogP contribution is -2.63. The van der Waals surface area contributed by atoms with E-state index in [9.17, 15) is 14.7 Å². The second kappa shape index (κ2) is 13.5. The summed E-state index contributed by atoms with van der Waals surface area (Å²) in [6.07, 6.45) is 10.1. The van der Waals surface area contributed by atoms with Gasteiger partial charge in [-0.25, -0.2) is 0 Å². The van der Waals surface area contributed by atoms with Crippen molar-refractivity contribution in [3.8, 4) is 11.5 Å². The van der Waals surface area contributed by atoms with Gasteiger partial charge in [0, 0.05) is 35.8 Å². The number of esters is 1. The van der Waals surface area contributed by atoms with Gasteiger partial charge in [0.2, 0.25) is 0 Å². The normalized spacial score (nSPS) is 35.9. The number of hydrogen-bond acceptors (Lipinski definition) is 6. The largest absolute Gasteiger partial charge is 0.461 e. The lowest BCUT2D eigenvalue weighted by molar-refractivity contribution is -0.207. The fourth-order valence-corrected chi connectivity index (χ4v) is 10.1. The summed E-state index contributed by atoms with van der Waals surface area (Å²) in [5, 5.41) is 11.9. The first kappa shape index (κ1) is 33.9. The van der Waals surface area contributed by atoms with Crippen LogP contribution in [0.15, 0.2) is 67.3 Å². The first-order valence-corrected chi connectivity index (χ1v) is 18.1. The molecule has 6 nitrogen and oxygen atoms in total. The summed E-state index contributed by atoms with van der Waals surface area (Å²) < 4.78 is 12.7. The summed E-state index contributed by atoms with van der Waals surface area (Å²) in [6.45, 7) is 13.7. The third-order valence-electron chi connectivity index (χ3n) is 13.3. The van der Waals surface area contributed by atoms with Crippen molar-refractivity contribution in [2.75, 3.05) is 6.54 Å². The van der Waals surface area contributed by atoms with Gasteiger partial charge in [-0.2, -0.15) is 0 Å². The molecular weight excluding hydrogens is 586 g/mol. The molecule has 4 saturated carbocycles. The van der Waals surface area contributed by atoms with Crippen LogP contribution in [-0.4, -0.2) is 46.6 Å². The molecule has 4 aliphatic carbocycles. The molecule has 47 heavy (non-hydrogen) atoms. The van der Waals surface area contributed by atoms with Gasteiger partial charge in [-0.15, -0.1) is 6.58 Å². The van der Waals surface area contributed by atoms with Gasteiger partial charge in [0.1, 0.15) is 23.4 Å². The van der Waals surface area contributed by atoms with Gasteiger partial charge >= 0.3 is 5.97 Å². The maximum absolute atomic E-state index is 14.2. The Balaban J connectivity index is 1.25. The molecule has 1 N–H and O–H groups in total. The number of ether oxygens (including phenoxy) is 2. The molecule has 0 radical (unpaired) electrons. The van der Waals surface area contributed by atoms with E-state index in [0.29, 0.717) is 25.4 Å². The maximum atomic E-state index is 14.2. The maximum Gasteiger partial charge on any atom is 0.320 e. The molecule has 0 aliphatic heterocycles. The molecule has 0 amide bonds. The van der Waals surface area contributed by atoms with Gasteiger partial charge < -0.3 is 14.6 Å². The number of ketones is 1. The van der Waals surface area contributed by atoms with Crippen LogP contribution in [0.5, 0.6) is 11.5 Å². The topological polar surface area (TPSA) is 76.1 Å². The average Bonchev–Trinajstić information content (AvgIpc) is 3.44. The van der Waals surface area contributed by atoms with Crippen LogP contribution in [0.25, 0.3) is 0 Å². The number of benzene rings is 2. The number of hydrogen-bond donors (Lipinski definition) is 1. The van der Waals surface area contributed by atoms with Crippen LogP contribution in [0, 0.1) is 34.0 Å². The molecule has 0 spiro atoms. The van der Waals surface area contributed by atoms with Crippen LogP contribution in [0.3, 0.4) is 0 Å². The van der Waals surface area contributed by atoms with Crippen molar-refractivity contribution >= 4 is 11.8 Å². The second-order valence-electron chi connectivity index (χ2n) is 15.8. The highest BCUT2D eigenvalue weighted by molar-refractivity contribution is 5.85. The number of para-hydroxylation sites is 1. The lowest BCUT2D eigenvalue weighted by Gasteiger charge is -2.61. The van der Waals surface area contributed by atoms with Crippen LogP contribution >= 0.6 is 0 Å². The Morgan fingerprint density at radius 1 is 0.979 bits per heavy atom. The fourth-order valence-electron chi connectivity index (χ4n) is 10.1. The zero-order valence-electron chi connectivity index (χ0n) is 29.0. The van der Waals surface area contributed by atoms with E-state index < -0.39 is 23.0 Å². The third kappa shape index (κ3) is 6.33. The van der Waals surface area contributed by atoms with Crippen molar-refractivity contribution in [1.29, 1.82) is 0 Å². The summed E-state index contributed by atoms with van der Waals surface area (Å²) in [5.41, 5.74) is -0.304. The summed E-state index contributed by atoms with van der Waals surface area (Å²) in [6, 6.07) is 18.2. The first-order valence-electron chi connectivity index (χ1n) is 18.1. The molecule has 2 aromatic carbocycles. The summed E-state index contributed by atoms with van der Waals surface area (Å²) in [5.74, 6) is 1.57. The second-order valence-corrected chi connectivity index (χ2v) is 15.8. The van der Waals surface area contributed by atoms with Gasteiger partial charge in [-0.1, -0.05) is 83.4 Å². The summed E-state index contributed by atoms with van der Waals surface area (Å²) in [7, 11) is 0. The highest BCUT2D eigenvalue weighted by atomic mass is 16.5. The van der Waals surface area contributed by atoms with Crippen molar-refractivity contribution in [3.63, 3.8) is 0 Å². The smallest absolute Gasteiger partial charge is 0.320 e. The van der Waals surface area contributed by atoms with Crippen molar-refractivity contribution in [1.82, 2.24) is 4.90 Å². The van der Waals surface area contributed by atoms with E-state index in [1.165, 1.54) is 6.42 Å². The highest BCUT2D eigenvalue weighted by Gasteiger charge is 2.68. The first-order chi connectivity index (χ1) is 22.5. The average molecular weight is 642 g/mol. The van der Waals surface area contributed by atoms with Crippen LogP contribution in [0.2, 0.25) is 0 Å². The minimum atomic E-state index is -0.667. The zero-order chi connectivity index (χ0) is 33.4. The van der Waals surface area contributed by atoms with E-state index in [1.54, 1.807) is 0 Å². The van der Waals surface area contributed by atoms with E-state index in [1.807, 2.05) is 48.5 Å². The Kier molecular flexibility index (Phi) is 9.75. The Bertz CT molecular complexity index is 1420. The summed E-state index contributed by atoms with van der Waals surface area (Å²) >= 11 is 0. The number of nitrogens with zero attached hydrogens (tertiary/aromatic N) is 1. The third-order valence-corrected chi connectivity index (χ3v) is 13.3. The molecule has 0 unspecified atom stereocenters. The quantitative estimate of drug-likeness (QED) is 0.219.